The average molecular weight is 318 g/mol. The molecule has 0 unspecified atom stereocenters. The van der Waals surface area contributed by atoms with Gasteiger partial charge in [-0.1, -0.05) is 29.4 Å². The molecule has 0 spiro atoms. The molecule has 100 valence electrons. The van der Waals surface area contributed by atoms with E-state index in [4.69, 9.17) is 16.7 Å². The van der Waals surface area contributed by atoms with Gasteiger partial charge in [-0.15, -0.1) is 11.3 Å². The lowest BCUT2D eigenvalue weighted by Gasteiger charge is -2.00. The van der Waals surface area contributed by atoms with Gasteiger partial charge in [-0.25, -0.2) is 9.37 Å². The van der Waals surface area contributed by atoms with Crippen molar-refractivity contribution in [2.45, 2.75) is 16.5 Å². The molecule has 19 heavy (non-hydrogen) atoms. The van der Waals surface area contributed by atoms with Gasteiger partial charge in [0, 0.05) is 11.1 Å². The van der Waals surface area contributed by atoms with Crippen LogP contribution in [-0.4, -0.2) is 16.1 Å². The number of aliphatic carboxylic acids is 1. The first-order valence-electron chi connectivity index (χ1n) is 5.27. The summed E-state index contributed by atoms with van der Waals surface area (Å²) in [5, 5.41) is 10.5. The van der Waals surface area contributed by atoms with Crippen molar-refractivity contribution in [2.24, 2.45) is 0 Å². The maximum Gasteiger partial charge on any atom is 0.309 e. The highest BCUT2D eigenvalue weighted by atomic mass is 35.5. The van der Waals surface area contributed by atoms with Gasteiger partial charge in [-0.3, -0.25) is 4.79 Å². The monoisotopic (exact) mass is 317 g/mol. The molecule has 2 rings (SSSR count). The van der Waals surface area contributed by atoms with Gasteiger partial charge in [0.2, 0.25) is 0 Å². The number of thioether (sulfide) groups is 1. The van der Waals surface area contributed by atoms with Crippen LogP contribution in [-0.2, 0) is 17.0 Å². The van der Waals surface area contributed by atoms with Crippen LogP contribution in [0, 0.1) is 5.82 Å². The molecular formula is C12H9ClFNO2S2. The normalized spacial score (nSPS) is 10.6. The molecule has 2 aromatic rings. The fraction of sp³-hybridized carbons (Fsp3) is 0.167. The third-order valence-electron chi connectivity index (χ3n) is 2.21. The van der Waals surface area contributed by atoms with Crippen LogP contribution in [0.4, 0.5) is 4.39 Å². The number of nitrogens with zero attached hydrogens (tertiary/aromatic N) is 1. The third kappa shape index (κ3) is 4.19. The minimum atomic E-state index is -0.896. The van der Waals surface area contributed by atoms with Gasteiger partial charge in [0.05, 0.1) is 17.1 Å². The van der Waals surface area contributed by atoms with E-state index in [1.807, 2.05) is 0 Å². The Balaban J connectivity index is 1.96. The van der Waals surface area contributed by atoms with Gasteiger partial charge in [-0.2, -0.15) is 0 Å². The number of carboxylic acid groups (broad SMARTS) is 1. The van der Waals surface area contributed by atoms with Gasteiger partial charge < -0.3 is 5.11 Å². The largest absolute Gasteiger partial charge is 0.481 e. The summed E-state index contributed by atoms with van der Waals surface area (Å²) in [4.78, 5) is 14.7. The molecule has 1 heterocycles. The van der Waals surface area contributed by atoms with Crippen molar-refractivity contribution in [3.8, 4) is 0 Å². The summed E-state index contributed by atoms with van der Waals surface area (Å²) in [7, 11) is 0. The SMILES string of the molecule is O=C(O)Cc1csc(SCc2ccc(F)c(Cl)c2)n1. The van der Waals surface area contributed by atoms with Crippen LogP contribution in [0.2, 0.25) is 5.02 Å². The number of carbonyl (C=O) groups is 1. The van der Waals surface area contributed by atoms with Gasteiger partial charge in [-0.05, 0) is 17.7 Å². The van der Waals surface area contributed by atoms with Crippen molar-refractivity contribution in [1.29, 1.82) is 0 Å². The van der Waals surface area contributed by atoms with E-state index in [2.05, 4.69) is 4.98 Å². The van der Waals surface area contributed by atoms with Gasteiger partial charge >= 0.3 is 5.97 Å². The summed E-state index contributed by atoms with van der Waals surface area (Å²) in [6.45, 7) is 0. The molecule has 3 nitrogen and oxygen atoms in total. The first kappa shape index (κ1) is 14.3. The minimum Gasteiger partial charge on any atom is -0.481 e. The number of halogens is 2. The Morgan fingerprint density at radius 2 is 2.32 bits per heavy atom. The number of benzene rings is 1. The maximum atomic E-state index is 13.0. The zero-order valence-corrected chi connectivity index (χ0v) is 12.0. The standard InChI is InChI=1S/C12H9ClFNO2S2/c13-9-3-7(1-2-10(9)14)5-18-12-15-8(6-19-12)4-11(16)17/h1-3,6H,4-5H2,(H,16,17). The third-order valence-corrected chi connectivity index (χ3v) is 4.64. The van der Waals surface area contributed by atoms with E-state index < -0.39 is 11.8 Å². The van der Waals surface area contributed by atoms with Crippen molar-refractivity contribution < 1.29 is 14.3 Å². The molecule has 0 saturated heterocycles. The second kappa shape index (κ2) is 6.36. The van der Waals surface area contributed by atoms with Crippen molar-refractivity contribution >= 4 is 40.7 Å². The highest BCUT2D eigenvalue weighted by molar-refractivity contribution is 8.00. The van der Waals surface area contributed by atoms with E-state index in [0.717, 1.165) is 9.90 Å². The lowest BCUT2D eigenvalue weighted by molar-refractivity contribution is -0.136. The van der Waals surface area contributed by atoms with Crippen LogP contribution in [0.1, 0.15) is 11.3 Å². The zero-order chi connectivity index (χ0) is 13.8. The zero-order valence-electron chi connectivity index (χ0n) is 9.60. The number of hydrogen-bond acceptors (Lipinski definition) is 4. The average Bonchev–Trinajstić information content (AvgIpc) is 2.77. The van der Waals surface area contributed by atoms with Crippen LogP contribution >= 0.6 is 34.7 Å². The molecule has 0 radical (unpaired) electrons. The van der Waals surface area contributed by atoms with Crippen molar-refractivity contribution in [3.05, 3.63) is 45.7 Å². The first-order valence-corrected chi connectivity index (χ1v) is 7.52. The maximum absolute atomic E-state index is 13.0. The molecule has 0 fully saturated rings. The Kier molecular flexibility index (Phi) is 4.79. The number of thiazole rings is 1. The molecular weight excluding hydrogens is 309 g/mol. The highest BCUT2D eigenvalue weighted by Crippen LogP contribution is 2.27. The number of rotatable bonds is 5. The number of carboxylic acids is 1. The van der Waals surface area contributed by atoms with Crippen LogP contribution in [0.15, 0.2) is 27.9 Å². The van der Waals surface area contributed by atoms with Crippen LogP contribution < -0.4 is 0 Å². The summed E-state index contributed by atoms with van der Waals surface area (Å²) in [5.41, 5.74) is 1.45. The smallest absolute Gasteiger partial charge is 0.309 e. The lowest BCUT2D eigenvalue weighted by atomic mass is 10.2. The summed E-state index contributed by atoms with van der Waals surface area (Å²) < 4.78 is 13.8. The fourth-order valence-corrected chi connectivity index (χ4v) is 3.36. The molecule has 0 saturated carbocycles. The topological polar surface area (TPSA) is 50.2 Å². The van der Waals surface area contributed by atoms with E-state index in [1.165, 1.54) is 29.2 Å². The van der Waals surface area contributed by atoms with Crippen LogP contribution in [0.5, 0.6) is 0 Å². The van der Waals surface area contributed by atoms with Crippen molar-refractivity contribution in [2.75, 3.05) is 0 Å². The molecule has 0 aliphatic carbocycles. The Labute approximate surface area is 122 Å². The van der Waals surface area contributed by atoms with Crippen LogP contribution in [0.25, 0.3) is 0 Å². The highest BCUT2D eigenvalue weighted by Gasteiger charge is 2.07. The summed E-state index contributed by atoms with van der Waals surface area (Å²) in [6.07, 6.45) is -0.0700. The Morgan fingerprint density at radius 1 is 1.53 bits per heavy atom. The molecule has 0 amide bonds. The van der Waals surface area contributed by atoms with Gasteiger partial charge in [0.25, 0.3) is 0 Å². The summed E-state index contributed by atoms with van der Waals surface area (Å²) >= 11 is 8.56. The molecule has 0 aliphatic heterocycles. The molecule has 7 heteroatoms. The second-order valence-corrected chi connectivity index (χ2v) is 6.20. The van der Waals surface area contributed by atoms with Crippen LogP contribution in [0.3, 0.4) is 0 Å². The summed E-state index contributed by atoms with van der Waals surface area (Å²) in [5.74, 6) is -0.722. The predicted octanol–water partition coefficient (Wildman–Crippen LogP) is 3.86. The van der Waals surface area contributed by atoms with Crippen molar-refractivity contribution in [1.82, 2.24) is 4.98 Å². The summed E-state index contributed by atoms with van der Waals surface area (Å²) in [6, 6.07) is 4.57. The van der Waals surface area contributed by atoms with Crippen molar-refractivity contribution in [3.63, 3.8) is 0 Å². The molecule has 0 bridgehead atoms. The lowest BCUT2D eigenvalue weighted by Crippen LogP contribution is -1.99. The molecule has 1 N–H and O–H groups in total. The predicted molar refractivity (Wildman–Crippen MR) is 74.4 cm³/mol. The quantitative estimate of drug-likeness (QED) is 0.851. The second-order valence-electron chi connectivity index (χ2n) is 3.71. The fourth-order valence-electron chi connectivity index (χ4n) is 1.37. The molecule has 0 aliphatic rings. The number of hydrogen-bond donors (Lipinski definition) is 1. The molecule has 0 atom stereocenters. The Bertz CT molecular complexity index is 603. The van der Waals surface area contributed by atoms with E-state index in [1.54, 1.807) is 17.5 Å². The van der Waals surface area contributed by atoms with Gasteiger partial charge in [0.1, 0.15) is 10.2 Å². The first-order chi connectivity index (χ1) is 9.04. The van der Waals surface area contributed by atoms with E-state index in [0.29, 0.717) is 11.4 Å². The molecule has 1 aromatic heterocycles. The Morgan fingerprint density at radius 3 is 3.00 bits per heavy atom. The Hall–Kier alpha value is -1.11. The molecule has 1 aromatic carbocycles. The minimum absolute atomic E-state index is 0.0700. The van der Waals surface area contributed by atoms with E-state index in [-0.39, 0.29) is 11.4 Å². The number of aromatic nitrogens is 1. The van der Waals surface area contributed by atoms with E-state index in [9.17, 15) is 9.18 Å². The van der Waals surface area contributed by atoms with Gasteiger partial charge in [0.15, 0.2) is 0 Å². The van der Waals surface area contributed by atoms with E-state index >= 15 is 0 Å².